The van der Waals surface area contributed by atoms with Gasteiger partial charge in [-0.1, -0.05) is 41.9 Å². The van der Waals surface area contributed by atoms with Crippen LogP contribution in [0.2, 0.25) is 5.02 Å². The summed E-state index contributed by atoms with van der Waals surface area (Å²) in [7, 11) is 1.70. The first-order chi connectivity index (χ1) is 9.18. The van der Waals surface area contributed by atoms with Gasteiger partial charge in [-0.05, 0) is 18.4 Å². The van der Waals surface area contributed by atoms with E-state index in [0.717, 1.165) is 12.8 Å². The predicted octanol–water partition coefficient (Wildman–Crippen LogP) is 2.44. The Balaban J connectivity index is 1.79. The minimum atomic E-state index is -0.182. The fraction of sp³-hybridized carbons (Fsp3) is 0.286. The average Bonchev–Trinajstić information content (AvgIpc) is 2.75. The van der Waals surface area contributed by atoms with Crippen molar-refractivity contribution < 1.29 is 4.79 Å². The summed E-state index contributed by atoms with van der Waals surface area (Å²) in [6, 6.07) is 10.2. The zero-order chi connectivity index (χ0) is 13.7. The van der Waals surface area contributed by atoms with Crippen molar-refractivity contribution in [1.82, 2.24) is 15.1 Å². The Labute approximate surface area is 117 Å². The first-order valence-electron chi connectivity index (χ1n) is 6.18. The van der Waals surface area contributed by atoms with Crippen LogP contribution in [0.1, 0.15) is 22.5 Å². The largest absolute Gasteiger partial charge is 0.351 e. The fourth-order valence-corrected chi connectivity index (χ4v) is 2.14. The van der Waals surface area contributed by atoms with Crippen molar-refractivity contribution in [2.24, 2.45) is 7.05 Å². The topological polar surface area (TPSA) is 46.9 Å². The van der Waals surface area contributed by atoms with E-state index in [4.69, 9.17) is 11.6 Å². The molecule has 0 radical (unpaired) electrons. The average molecular weight is 278 g/mol. The molecular weight excluding hydrogens is 262 g/mol. The lowest BCUT2D eigenvalue weighted by atomic mass is 10.1. The Kier molecular flexibility index (Phi) is 4.58. The van der Waals surface area contributed by atoms with Crippen molar-refractivity contribution in [3.8, 4) is 0 Å². The lowest BCUT2D eigenvalue weighted by molar-refractivity contribution is 0.0944. The number of amides is 1. The highest BCUT2D eigenvalue weighted by atomic mass is 35.5. The lowest BCUT2D eigenvalue weighted by Crippen LogP contribution is -2.27. The van der Waals surface area contributed by atoms with Gasteiger partial charge in [-0.25, -0.2) is 0 Å². The van der Waals surface area contributed by atoms with E-state index in [-0.39, 0.29) is 5.91 Å². The monoisotopic (exact) mass is 277 g/mol. The number of nitrogens with zero attached hydrogens (tertiary/aromatic N) is 2. The predicted molar refractivity (Wildman–Crippen MR) is 75.3 cm³/mol. The van der Waals surface area contributed by atoms with Crippen LogP contribution in [-0.2, 0) is 13.5 Å². The molecule has 0 saturated carbocycles. The van der Waals surface area contributed by atoms with Gasteiger partial charge in [0.25, 0.3) is 5.91 Å². The molecule has 5 heteroatoms. The molecule has 1 amide bonds. The maximum Gasteiger partial charge on any atom is 0.271 e. The first-order valence-corrected chi connectivity index (χ1v) is 6.56. The van der Waals surface area contributed by atoms with Crippen LogP contribution in [0.15, 0.2) is 36.5 Å². The van der Waals surface area contributed by atoms with Gasteiger partial charge in [-0.3, -0.25) is 9.48 Å². The molecule has 1 N–H and O–H groups in total. The van der Waals surface area contributed by atoms with E-state index in [1.54, 1.807) is 7.05 Å². The lowest BCUT2D eigenvalue weighted by Gasteiger charge is -2.06. The van der Waals surface area contributed by atoms with E-state index < -0.39 is 0 Å². The summed E-state index contributed by atoms with van der Waals surface area (Å²) in [4.78, 5) is 11.9. The number of benzene rings is 1. The van der Waals surface area contributed by atoms with E-state index in [9.17, 15) is 4.79 Å². The Morgan fingerprint density at radius 1 is 1.37 bits per heavy atom. The summed E-state index contributed by atoms with van der Waals surface area (Å²) >= 11 is 5.90. The SMILES string of the molecule is Cn1ncc(Cl)c1C(=O)NCCCc1ccccc1. The molecule has 2 rings (SSSR count). The number of hydrogen-bond acceptors (Lipinski definition) is 2. The highest BCUT2D eigenvalue weighted by molar-refractivity contribution is 6.33. The van der Waals surface area contributed by atoms with Crippen molar-refractivity contribution >= 4 is 17.5 Å². The van der Waals surface area contributed by atoms with Crippen molar-refractivity contribution in [2.75, 3.05) is 6.54 Å². The van der Waals surface area contributed by atoms with Gasteiger partial charge in [-0.2, -0.15) is 5.10 Å². The molecule has 19 heavy (non-hydrogen) atoms. The zero-order valence-electron chi connectivity index (χ0n) is 10.8. The maximum atomic E-state index is 11.9. The number of nitrogens with one attached hydrogen (secondary N) is 1. The van der Waals surface area contributed by atoms with Crippen LogP contribution in [-0.4, -0.2) is 22.2 Å². The molecule has 0 atom stereocenters. The molecule has 0 fully saturated rings. The third-order valence-corrected chi connectivity index (χ3v) is 3.16. The van der Waals surface area contributed by atoms with E-state index >= 15 is 0 Å². The Morgan fingerprint density at radius 2 is 2.11 bits per heavy atom. The number of rotatable bonds is 5. The van der Waals surface area contributed by atoms with Crippen LogP contribution >= 0.6 is 11.6 Å². The van der Waals surface area contributed by atoms with Crippen molar-refractivity contribution in [1.29, 1.82) is 0 Å². The molecule has 1 aromatic heterocycles. The van der Waals surface area contributed by atoms with E-state index in [1.807, 2.05) is 18.2 Å². The highest BCUT2D eigenvalue weighted by Gasteiger charge is 2.14. The van der Waals surface area contributed by atoms with Crippen molar-refractivity contribution in [2.45, 2.75) is 12.8 Å². The Bertz CT molecular complexity index is 532. The van der Waals surface area contributed by atoms with Gasteiger partial charge in [0, 0.05) is 13.6 Å². The molecule has 0 saturated heterocycles. The second kappa shape index (κ2) is 6.38. The number of hydrogen-bond donors (Lipinski definition) is 1. The van der Waals surface area contributed by atoms with Crippen LogP contribution in [0.25, 0.3) is 0 Å². The van der Waals surface area contributed by atoms with Gasteiger partial charge in [0.05, 0.1) is 11.2 Å². The van der Waals surface area contributed by atoms with Gasteiger partial charge in [-0.15, -0.1) is 0 Å². The van der Waals surface area contributed by atoms with E-state index in [2.05, 4.69) is 22.5 Å². The fourth-order valence-electron chi connectivity index (χ4n) is 1.89. The van der Waals surface area contributed by atoms with Gasteiger partial charge < -0.3 is 5.32 Å². The normalized spacial score (nSPS) is 10.4. The van der Waals surface area contributed by atoms with Crippen molar-refractivity contribution in [3.63, 3.8) is 0 Å². The second-order valence-corrected chi connectivity index (χ2v) is 4.72. The molecule has 0 unspecified atom stereocenters. The Hall–Kier alpha value is -1.81. The van der Waals surface area contributed by atoms with Gasteiger partial charge in [0.1, 0.15) is 5.69 Å². The summed E-state index contributed by atoms with van der Waals surface area (Å²) < 4.78 is 1.48. The third-order valence-electron chi connectivity index (χ3n) is 2.88. The minimum Gasteiger partial charge on any atom is -0.351 e. The summed E-state index contributed by atoms with van der Waals surface area (Å²) in [5, 5.41) is 7.17. The maximum absolute atomic E-state index is 11.9. The molecule has 0 aliphatic carbocycles. The summed E-state index contributed by atoms with van der Waals surface area (Å²) in [5.41, 5.74) is 1.68. The van der Waals surface area contributed by atoms with Crippen molar-refractivity contribution in [3.05, 3.63) is 52.8 Å². The molecule has 0 aliphatic rings. The van der Waals surface area contributed by atoms with Gasteiger partial charge >= 0.3 is 0 Å². The molecule has 0 spiro atoms. The molecule has 4 nitrogen and oxygen atoms in total. The molecule has 0 bridgehead atoms. The van der Waals surface area contributed by atoms with Crippen LogP contribution < -0.4 is 5.32 Å². The molecular formula is C14H16ClN3O. The second-order valence-electron chi connectivity index (χ2n) is 4.31. The molecule has 0 aliphatic heterocycles. The van der Waals surface area contributed by atoms with Crippen LogP contribution in [0.4, 0.5) is 0 Å². The molecule has 100 valence electrons. The number of carbonyl (C=O) groups excluding carboxylic acids is 1. The van der Waals surface area contributed by atoms with Gasteiger partial charge in [0.15, 0.2) is 0 Å². The van der Waals surface area contributed by atoms with E-state index in [0.29, 0.717) is 17.3 Å². The van der Waals surface area contributed by atoms with Crippen LogP contribution in [0.3, 0.4) is 0 Å². The zero-order valence-corrected chi connectivity index (χ0v) is 11.5. The molecule has 1 aromatic carbocycles. The number of aryl methyl sites for hydroxylation is 2. The highest BCUT2D eigenvalue weighted by Crippen LogP contribution is 2.13. The van der Waals surface area contributed by atoms with E-state index in [1.165, 1.54) is 16.4 Å². The number of halogens is 1. The van der Waals surface area contributed by atoms with Gasteiger partial charge in [0.2, 0.25) is 0 Å². The summed E-state index contributed by atoms with van der Waals surface area (Å²) in [6.07, 6.45) is 3.31. The molecule has 2 aromatic rings. The molecule has 1 heterocycles. The first kappa shape index (κ1) is 13.6. The Morgan fingerprint density at radius 3 is 2.74 bits per heavy atom. The number of carbonyl (C=O) groups is 1. The quantitative estimate of drug-likeness (QED) is 0.854. The smallest absolute Gasteiger partial charge is 0.271 e. The third kappa shape index (κ3) is 3.58. The number of aromatic nitrogens is 2. The summed E-state index contributed by atoms with van der Waals surface area (Å²) in [6.45, 7) is 0.620. The van der Waals surface area contributed by atoms with Crippen LogP contribution in [0.5, 0.6) is 0 Å². The minimum absolute atomic E-state index is 0.182. The van der Waals surface area contributed by atoms with Crippen LogP contribution in [0, 0.1) is 0 Å². The standard InChI is InChI=1S/C14H16ClN3O/c1-18-13(12(15)10-17-18)14(19)16-9-5-8-11-6-3-2-4-7-11/h2-4,6-7,10H,5,8-9H2,1H3,(H,16,19). The summed E-state index contributed by atoms with van der Waals surface area (Å²) in [5.74, 6) is -0.182.